The van der Waals surface area contributed by atoms with Gasteiger partial charge in [0.25, 0.3) is 0 Å². The second-order valence-corrected chi connectivity index (χ2v) is 5.10. The zero-order valence-electron chi connectivity index (χ0n) is 12.9. The van der Waals surface area contributed by atoms with Crippen molar-refractivity contribution in [1.29, 1.82) is 0 Å². The lowest BCUT2D eigenvalue weighted by molar-refractivity contribution is -0.241. The number of aromatic carboxylic acids is 1. The molecule has 0 radical (unpaired) electrons. The van der Waals surface area contributed by atoms with Gasteiger partial charge in [-0.3, -0.25) is 4.89 Å². The molecule has 1 unspecified atom stereocenters. The normalized spacial score (nSPS) is 12.0. The summed E-state index contributed by atoms with van der Waals surface area (Å²) >= 11 is 0. The summed E-state index contributed by atoms with van der Waals surface area (Å²) in [6.45, 7) is 3.86. The first kappa shape index (κ1) is 18.1. The third-order valence-electron chi connectivity index (χ3n) is 3.07. The van der Waals surface area contributed by atoms with E-state index in [-0.39, 0.29) is 24.2 Å². The molecule has 0 amide bonds. The molecule has 2 N–H and O–H groups in total. The van der Waals surface area contributed by atoms with E-state index in [9.17, 15) is 19.8 Å². The molecule has 122 valence electrons. The number of unbranched alkanes of at least 4 members (excludes halogenated alkanes) is 2. The van der Waals surface area contributed by atoms with Gasteiger partial charge in [-0.05, 0) is 31.4 Å². The molecule has 0 bridgehead atoms. The molecule has 0 heterocycles. The zero-order valence-corrected chi connectivity index (χ0v) is 12.9. The number of carboxylic acid groups (broad SMARTS) is 1. The number of rotatable bonds is 9. The number of benzene rings is 1. The third kappa shape index (κ3) is 5.46. The second kappa shape index (κ2) is 9.17. The number of hydrogen-bond acceptors (Lipinski definition) is 5. The SMILES string of the molecule is CCCCCOOC(=O)c1cccc(CC(C)O)c1C(=O)O. The van der Waals surface area contributed by atoms with Crippen LogP contribution in [0.4, 0.5) is 0 Å². The highest BCUT2D eigenvalue weighted by atomic mass is 17.2. The topological polar surface area (TPSA) is 93.1 Å². The van der Waals surface area contributed by atoms with Crippen LogP contribution < -0.4 is 0 Å². The Hall–Kier alpha value is -1.92. The molecule has 1 aromatic carbocycles. The van der Waals surface area contributed by atoms with Crippen molar-refractivity contribution in [3.05, 3.63) is 34.9 Å². The van der Waals surface area contributed by atoms with E-state index in [2.05, 4.69) is 4.89 Å². The van der Waals surface area contributed by atoms with Crippen molar-refractivity contribution in [1.82, 2.24) is 0 Å². The number of carbonyl (C=O) groups is 2. The van der Waals surface area contributed by atoms with Crippen LogP contribution in [0.3, 0.4) is 0 Å². The van der Waals surface area contributed by atoms with Crippen molar-refractivity contribution in [2.24, 2.45) is 0 Å². The first-order chi connectivity index (χ1) is 10.5. The first-order valence-electron chi connectivity index (χ1n) is 7.34. The highest BCUT2D eigenvalue weighted by Gasteiger charge is 2.22. The maximum Gasteiger partial charge on any atom is 0.373 e. The molecule has 1 atom stereocenters. The minimum Gasteiger partial charge on any atom is -0.478 e. The summed E-state index contributed by atoms with van der Waals surface area (Å²) in [7, 11) is 0. The monoisotopic (exact) mass is 310 g/mol. The Morgan fingerprint density at radius 1 is 1.27 bits per heavy atom. The van der Waals surface area contributed by atoms with E-state index in [1.54, 1.807) is 19.1 Å². The van der Waals surface area contributed by atoms with Gasteiger partial charge in [0.2, 0.25) is 0 Å². The fraction of sp³-hybridized carbons (Fsp3) is 0.500. The van der Waals surface area contributed by atoms with Gasteiger partial charge in [-0.15, -0.1) is 0 Å². The predicted molar refractivity (Wildman–Crippen MR) is 79.7 cm³/mol. The molecule has 0 aromatic heterocycles. The molecular formula is C16H22O6. The van der Waals surface area contributed by atoms with Crippen molar-refractivity contribution in [2.75, 3.05) is 6.61 Å². The Balaban J connectivity index is 2.84. The second-order valence-electron chi connectivity index (χ2n) is 5.10. The maximum absolute atomic E-state index is 12.0. The molecule has 0 spiro atoms. The van der Waals surface area contributed by atoms with Gasteiger partial charge in [-0.25, -0.2) is 9.59 Å². The van der Waals surface area contributed by atoms with Crippen LogP contribution in [-0.4, -0.2) is 34.9 Å². The van der Waals surface area contributed by atoms with Crippen LogP contribution in [0.25, 0.3) is 0 Å². The number of carboxylic acids is 1. The number of hydrogen-bond donors (Lipinski definition) is 2. The van der Waals surface area contributed by atoms with Gasteiger partial charge in [-0.2, -0.15) is 4.89 Å². The summed E-state index contributed by atoms with van der Waals surface area (Å²) in [6.07, 6.45) is 2.16. The standard InChI is InChI=1S/C16H22O6/c1-3-4-5-9-21-22-16(20)13-8-6-7-12(10-11(2)17)14(13)15(18)19/h6-8,11,17H,3-5,9-10H2,1-2H3,(H,18,19). The molecule has 0 aliphatic heterocycles. The van der Waals surface area contributed by atoms with Crippen molar-refractivity contribution < 1.29 is 29.6 Å². The minimum absolute atomic E-state index is 0.0823. The van der Waals surface area contributed by atoms with Gasteiger partial charge in [0, 0.05) is 0 Å². The summed E-state index contributed by atoms with van der Waals surface area (Å²) in [4.78, 5) is 32.9. The molecule has 6 heteroatoms. The van der Waals surface area contributed by atoms with Crippen molar-refractivity contribution >= 4 is 11.9 Å². The molecule has 0 saturated carbocycles. The summed E-state index contributed by atoms with van der Waals surface area (Å²) in [5, 5.41) is 18.8. The van der Waals surface area contributed by atoms with Crippen LogP contribution in [0.15, 0.2) is 18.2 Å². The van der Waals surface area contributed by atoms with Gasteiger partial charge in [0.15, 0.2) is 0 Å². The van der Waals surface area contributed by atoms with Gasteiger partial charge in [0.1, 0.15) is 0 Å². The smallest absolute Gasteiger partial charge is 0.373 e. The molecule has 6 nitrogen and oxygen atoms in total. The van der Waals surface area contributed by atoms with Gasteiger partial charge >= 0.3 is 11.9 Å². The fourth-order valence-corrected chi connectivity index (χ4v) is 2.06. The van der Waals surface area contributed by atoms with Crippen LogP contribution in [-0.2, 0) is 16.2 Å². The van der Waals surface area contributed by atoms with E-state index >= 15 is 0 Å². The Bertz CT molecular complexity index is 509. The van der Waals surface area contributed by atoms with Crippen LogP contribution in [0.2, 0.25) is 0 Å². The van der Waals surface area contributed by atoms with E-state index in [0.29, 0.717) is 5.56 Å². The van der Waals surface area contributed by atoms with Crippen LogP contribution in [0.1, 0.15) is 59.4 Å². The molecule has 22 heavy (non-hydrogen) atoms. The maximum atomic E-state index is 12.0. The van der Waals surface area contributed by atoms with Crippen molar-refractivity contribution in [3.63, 3.8) is 0 Å². The average Bonchev–Trinajstić information content (AvgIpc) is 2.45. The molecule has 1 aromatic rings. The van der Waals surface area contributed by atoms with Crippen molar-refractivity contribution in [3.8, 4) is 0 Å². The predicted octanol–water partition coefficient (Wildman–Crippen LogP) is 2.59. The number of aliphatic hydroxyl groups excluding tert-OH is 1. The molecular weight excluding hydrogens is 288 g/mol. The highest BCUT2D eigenvalue weighted by molar-refractivity contribution is 6.03. The summed E-state index contributed by atoms with van der Waals surface area (Å²) in [6, 6.07) is 4.49. The summed E-state index contributed by atoms with van der Waals surface area (Å²) in [5.41, 5.74) is 0.134. The van der Waals surface area contributed by atoms with Gasteiger partial charge < -0.3 is 10.2 Å². The molecule has 1 rings (SSSR count). The molecule has 0 saturated heterocycles. The van der Waals surface area contributed by atoms with E-state index in [4.69, 9.17) is 4.89 Å². The first-order valence-corrected chi connectivity index (χ1v) is 7.34. The van der Waals surface area contributed by atoms with Crippen LogP contribution in [0.5, 0.6) is 0 Å². The van der Waals surface area contributed by atoms with Crippen molar-refractivity contribution in [2.45, 2.75) is 45.6 Å². The summed E-state index contributed by atoms with van der Waals surface area (Å²) in [5.74, 6) is -2.09. The lowest BCUT2D eigenvalue weighted by Gasteiger charge is -2.12. The Morgan fingerprint density at radius 3 is 2.59 bits per heavy atom. The Morgan fingerprint density at radius 2 is 2.00 bits per heavy atom. The van der Waals surface area contributed by atoms with Crippen LogP contribution in [0, 0.1) is 0 Å². The van der Waals surface area contributed by atoms with E-state index < -0.39 is 18.0 Å². The Kier molecular flexibility index (Phi) is 7.56. The number of aliphatic hydroxyl groups is 1. The fourth-order valence-electron chi connectivity index (χ4n) is 2.06. The van der Waals surface area contributed by atoms with E-state index in [1.807, 2.05) is 6.92 Å². The summed E-state index contributed by atoms with van der Waals surface area (Å²) < 4.78 is 0. The van der Waals surface area contributed by atoms with Gasteiger partial charge in [0.05, 0.1) is 23.8 Å². The largest absolute Gasteiger partial charge is 0.478 e. The molecule has 0 aliphatic carbocycles. The Labute approximate surface area is 129 Å². The lowest BCUT2D eigenvalue weighted by Crippen LogP contribution is -2.17. The van der Waals surface area contributed by atoms with Crippen LogP contribution >= 0.6 is 0 Å². The highest BCUT2D eigenvalue weighted by Crippen LogP contribution is 2.18. The lowest BCUT2D eigenvalue weighted by atomic mass is 9.97. The number of carbonyl (C=O) groups excluding carboxylic acids is 1. The molecule has 0 aliphatic rings. The zero-order chi connectivity index (χ0) is 16.5. The third-order valence-corrected chi connectivity index (χ3v) is 3.07. The minimum atomic E-state index is -1.24. The average molecular weight is 310 g/mol. The van der Waals surface area contributed by atoms with E-state index in [1.165, 1.54) is 6.07 Å². The molecule has 0 fully saturated rings. The quantitative estimate of drug-likeness (QED) is 0.414. The van der Waals surface area contributed by atoms with E-state index in [0.717, 1.165) is 19.3 Å². The van der Waals surface area contributed by atoms with Gasteiger partial charge in [-0.1, -0.05) is 31.9 Å².